The van der Waals surface area contributed by atoms with Gasteiger partial charge in [0.25, 0.3) is 0 Å². The van der Waals surface area contributed by atoms with Gasteiger partial charge in [0, 0.05) is 4.90 Å². The Bertz CT molecular complexity index is 1060. The van der Waals surface area contributed by atoms with E-state index >= 15 is 0 Å². The van der Waals surface area contributed by atoms with Gasteiger partial charge in [-0.1, -0.05) is 78.5 Å². The first-order valence-electron chi connectivity index (χ1n) is 9.70. The number of hydrogen-bond acceptors (Lipinski definition) is 5. The van der Waals surface area contributed by atoms with Gasteiger partial charge in [0.1, 0.15) is 23.0 Å². The first kappa shape index (κ1) is 20.1. The summed E-state index contributed by atoms with van der Waals surface area (Å²) in [6, 6.07) is 26.5. The summed E-state index contributed by atoms with van der Waals surface area (Å²) in [5, 5.41) is 10.9. The quantitative estimate of drug-likeness (QED) is 0.515. The van der Waals surface area contributed by atoms with Gasteiger partial charge in [0.2, 0.25) is 0 Å². The molecule has 30 heavy (non-hydrogen) atoms. The Morgan fingerprint density at radius 1 is 0.967 bits per heavy atom. The highest BCUT2D eigenvalue weighted by molar-refractivity contribution is 8.04. The molecule has 1 N–H and O–H groups in total. The predicted molar refractivity (Wildman–Crippen MR) is 117 cm³/mol. The van der Waals surface area contributed by atoms with E-state index in [1.165, 1.54) is 11.8 Å². The van der Waals surface area contributed by atoms with Gasteiger partial charge in [-0.05, 0) is 36.2 Å². The second kappa shape index (κ2) is 8.67. The molecule has 4 nitrogen and oxygen atoms in total. The second-order valence-corrected chi connectivity index (χ2v) is 8.22. The highest BCUT2D eigenvalue weighted by Crippen LogP contribution is 2.43. The van der Waals surface area contributed by atoms with Gasteiger partial charge in [-0.25, -0.2) is 4.79 Å². The molecule has 0 saturated carbocycles. The summed E-state index contributed by atoms with van der Waals surface area (Å²) in [5.74, 6) is 0.139. The largest absolute Gasteiger partial charge is 0.511 e. The normalized spacial score (nSPS) is 18.8. The van der Waals surface area contributed by atoms with Crippen LogP contribution < -0.4 is 4.74 Å². The molecule has 1 atom stereocenters. The van der Waals surface area contributed by atoms with Crippen LogP contribution in [0.2, 0.25) is 0 Å². The zero-order chi connectivity index (χ0) is 21.0. The van der Waals surface area contributed by atoms with Gasteiger partial charge < -0.3 is 14.6 Å². The van der Waals surface area contributed by atoms with Crippen LogP contribution in [-0.2, 0) is 15.1 Å². The number of benzene rings is 3. The number of aryl methyl sites for hydroxylation is 1. The van der Waals surface area contributed by atoms with Crippen LogP contribution in [0.4, 0.5) is 0 Å². The minimum atomic E-state index is -1.10. The van der Waals surface area contributed by atoms with Crippen molar-refractivity contribution in [2.75, 3.05) is 6.61 Å². The first-order valence-corrected chi connectivity index (χ1v) is 10.5. The van der Waals surface area contributed by atoms with Crippen molar-refractivity contribution >= 4 is 17.7 Å². The molecule has 1 unspecified atom stereocenters. The van der Waals surface area contributed by atoms with Crippen molar-refractivity contribution < 1.29 is 19.4 Å². The van der Waals surface area contributed by atoms with Gasteiger partial charge in [0.05, 0.1) is 6.42 Å². The Morgan fingerprint density at radius 2 is 1.60 bits per heavy atom. The summed E-state index contributed by atoms with van der Waals surface area (Å²) in [6.07, 6.45) is 0.143. The maximum absolute atomic E-state index is 13.0. The fraction of sp³-hybridized carbons (Fsp3) is 0.160. The summed E-state index contributed by atoms with van der Waals surface area (Å²) < 4.78 is 11.9. The van der Waals surface area contributed by atoms with Crippen LogP contribution in [0.1, 0.15) is 17.5 Å². The van der Waals surface area contributed by atoms with Crippen molar-refractivity contribution in [3.63, 3.8) is 0 Å². The second-order valence-electron chi connectivity index (χ2n) is 7.17. The molecule has 0 aromatic heterocycles. The molecule has 0 amide bonds. The summed E-state index contributed by atoms with van der Waals surface area (Å²) in [4.78, 5) is 14.1. The van der Waals surface area contributed by atoms with Gasteiger partial charge in [-0.2, -0.15) is 0 Å². The van der Waals surface area contributed by atoms with Gasteiger partial charge in [-0.3, -0.25) is 0 Å². The number of ether oxygens (including phenoxy) is 2. The topological polar surface area (TPSA) is 55.8 Å². The van der Waals surface area contributed by atoms with Crippen LogP contribution in [0, 0.1) is 6.92 Å². The molecule has 0 aliphatic carbocycles. The molecule has 0 fully saturated rings. The van der Waals surface area contributed by atoms with Crippen LogP contribution in [0.15, 0.2) is 100 Å². The molecule has 1 aliphatic heterocycles. The number of thioether (sulfide) groups is 1. The van der Waals surface area contributed by atoms with Crippen LogP contribution >= 0.6 is 11.8 Å². The standard InChI is InChI=1S/C25H22O4S/c1-18-10-8-9-15-22(18)30-23-21(26)16-25(29-24(23)27,19-11-4-2-5-12-19)17-28-20-13-6-3-7-14-20/h2-15,26H,16-17H2,1H3. The molecule has 0 spiro atoms. The summed E-state index contributed by atoms with van der Waals surface area (Å²) in [6.45, 7) is 2.06. The highest BCUT2D eigenvalue weighted by atomic mass is 32.2. The molecule has 0 radical (unpaired) electrons. The van der Waals surface area contributed by atoms with E-state index < -0.39 is 11.6 Å². The highest BCUT2D eigenvalue weighted by Gasteiger charge is 2.44. The Balaban J connectivity index is 1.66. The lowest BCUT2D eigenvalue weighted by Crippen LogP contribution is -2.42. The van der Waals surface area contributed by atoms with E-state index in [-0.39, 0.29) is 23.7 Å². The SMILES string of the molecule is Cc1ccccc1SC1=C(O)CC(COc2ccccc2)(c2ccccc2)OC1=O. The van der Waals surface area contributed by atoms with Crippen molar-refractivity contribution in [3.05, 3.63) is 107 Å². The lowest BCUT2D eigenvalue weighted by atomic mass is 9.88. The summed E-state index contributed by atoms with van der Waals surface area (Å²) >= 11 is 1.23. The molecule has 5 heteroatoms. The Kier molecular flexibility index (Phi) is 5.81. The van der Waals surface area contributed by atoms with E-state index in [0.717, 1.165) is 16.0 Å². The van der Waals surface area contributed by atoms with Crippen LogP contribution in [0.5, 0.6) is 5.75 Å². The van der Waals surface area contributed by atoms with Crippen molar-refractivity contribution in [2.24, 2.45) is 0 Å². The molecular formula is C25H22O4S. The number of cyclic esters (lactones) is 1. The Labute approximate surface area is 180 Å². The Hall–Kier alpha value is -3.18. The molecule has 3 aromatic carbocycles. The van der Waals surface area contributed by atoms with Crippen LogP contribution in [0.25, 0.3) is 0 Å². The van der Waals surface area contributed by atoms with E-state index in [1.54, 1.807) is 0 Å². The zero-order valence-corrected chi connectivity index (χ0v) is 17.4. The summed E-state index contributed by atoms with van der Waals surface area (Å²) in [7, 11) is 0. The number of carbonyl (C=O) groups excluding carboxylic acids is 1. The van der Waals surface area contributed by atoms with Crippen LogP contribution in [0.3, 0.4) is 0 Å². The predicted octanol–water partition coefficient (Wildman–Crippen LogP) is 5.78. The van der Waals surface area contributed by atoms with Gasteiger partial charge in [-0.15, -0.1) is 0 Å². The number of aliphatic hydroxyl groups is 1. The smallest absolute Gasteiger partial charge is 0.349 e. The number of carbonyl (C=O) groups is 1. The minimum Gasteiger partial charge on any atom is -0.511 e. The molecule has 0 bridgehead atoms. The van der Waals surface area contributed by atoms with E-state index in [9.17, 15) is 9.90 Å². The van der Waals surface area contributed by atoms with E-state index in [4.69, 9.17) is 9.47 Å². The van der Waals surface area contributed by atoms with E-state index in [0.29, 0.717) is 5.75 Å². The maximum atomic E-state index is 13.0. The minimum absolute atomic E-state index is 0.0139. The molecular weight excluding hydrogens is 396 g/mol. The third-order valence-electron chi connectivity index (χ3n) is 5.01. The van der Waals surface area contributed by atoms with Crippen LogP contribution in [-0.4, -0.2) is 17.7 Å². The van der Waals surface area contributed by atoms with E-state index in [2.05, 4.69) is 0 Å². The van der Waals surface area contributed by atoms with Gasteiger partial charge >= 0.3 is 5.97 Å². The maximum Gasteiger partial charge on any atom is 0.349 e. The first-order chi connectivity index (χ1) is 14.6. The molecule has 0 saturated heterocycles. The number of para-hydroxylation sites is 1. The third kappa shape index (κ3) is 4.21. The fourth-order valence-corrected chi connectivity index (χ4v) is 4.30. The lowest BCUT2D eigenvalue weighted by Gasteiger charge is -2.37. The number of esters is 1. The van der Waals surface area contributed by atoms with Crippen molar-refractivity contribution in [1.29, 1.82) is 0 Å². The molecule has 1 heterocycles. The summed E-state index contributed by atoms with van der Waals surface area (Å²) in [5.41, 5.74) is 0.706. The molecule has 4 rings (SSSR count). The molecule has 152 valence electrons. The lowest BCUT2D eigenvalue weighted by molar-refractivity contribution is -0.163. The average Bonchev–Trinajstić information content (AvgIpc) is 2.77. The zero-order valence-electron chi connectivity index (χ0n) is 16.6. The number of rotatable bonds is 6. The average molecular weight is 419 g/mol. The third-order valence-corrected chi connectivity index (χ3v) is 6.29. The molecule has 1 aliphatic rings. The van der Waals surface area contributed by atoms with Crippen molar-refractivity contribution in [3.8, 4) is 5.75 Å². The monoisotopic (exact) mass is 418 g/mol. The van der Waals surface area contributed by atoms with E-state index in [1.807, 2.05) is 91.9 Å². The van der Waals surface area contributed by atoms with Crippen molar-refractivity contribution in [1.82, 2.24) is 0 Å². The Morgan fingerprint density at radius 3 is 2.27 bits per heavy atom. The number of aliphatic hydroxyl groups excluding tert-OH is 1. The molecule has 3 aromatic rings. The van der Waals surface area contributed by atoms with Crippen molar-refractivity contribution in [2.45, 2.75) is 23.8 Å². The fourth-order valence-electron chi connectivity index (χ4n) is 3.39. The van der Waals surface area contributed by atoms with Gasteiger partial charge in [0.15, 0.2) is 5.60 Å². The number of hydrogen-bond donors (Lipinski definition) is 1.